The molecule has 1 atom stereocenters. The molecule has 1 fully saturated rings. The SMILES string of the molecule is CCCCc1nnc(NC(=O)[C@H]2CC(=O)N(c3ccc(C)cc3)C2)s1. The number of rotatable bonds is 6. The number of hydrogen-bond acceptors (Lipinski definition) is 5. The van der Waals surface area contributed by atoms with Gasteiger partial charge in [0.15, 0.2) is 0 Å². The summed E-state index contributed by atoms with van der Waals surface area (Å²) in [6, 6.07) is 7.76. The molecule has 6 nitrogen and oxygen atoms in total. The summed E-state index contributed by atoms with van der Waals surface area (Å²) in [4.78, 5) is 26.4. The van der Waals surface area contributed by atoms with Gasteiger partial charge in [0.25, 0.3) is 0 Å². The lowest BCUT2D eigenvalue weighted by atomic mass is 10.1. The number of carbonyl (C=O) groups is 2. The normalized spacial score (nSPS) is 17.1. The van der Waals surface area contributed by atoms with E-state index in [0.717, 1.165) is 35.5 Å². The Bertz CT molecular complexity index is 757. The molecule has 0 unspecified atom stereocenters. The van der Waals surface area contributed by atoms with Gasteiger partial charge in [-0.25, -0.2) is 0 Å². The molecule has 25 heavy (non-hydrogen) atoms. The Labute approximate surface area is 151 Å². The molecular weight excluding hydrogens is 336 g/mol. The lowest BCUT2D eigenvalue weighted by Crippen LogP contribution is -2.28. The van der Waals surface area contributed by atoms with Crippen molar-refractivity contribution in [2.24, 2.45) is 5.92 Å². The second-order valence-corrected chi connectivity index (χ2v) is 7.40. The summed E-state index contributed by atoms with van der Waals surface area (Å²) in [5.41, 5.74) is 1.98. The van der Waals surface area contributed by atoms with Crippen LogP contribution in [0.4, 0.5) is 10.8 Å². The molecule has 7 heteroatoms. The van der Waals surface area contributed by atoms with Crippen LogP contribution in [0.15, 0.2) is 24.3 Å². The molecule has 2 aromatic rings. The van der Waals surface area contributed by atoms with Crippen molar-refractivity contribution in [1.82, 2.24) is 10.2 Å². The first-order valence-corrected chi connectivity index (χ1v) is 9.38. The lowest BCUT2D eigenvalue weighted by molar-refractivity contribution is -0.122. The van der Waals surface area contributed by atoms with Crippen LogP contribution in [0, 0.1) is 12.8 Å². The molecule has 0 saturated carbocycles. The molecule has 0 spiro atoms. The van der Waals surface area contributed by atoms with Crippen LogP contribution in [0.3, 0.4) is 0 Å². The van der Waals surface area contributed by atoms with Gasteiger partial charge in [0.1, 0.15) is 5.01 Å². The maximum Gasteiger partial charge on any atom is 0.231 e. The number of carbonyl (C=O) groups excluding carboxylic acids is 2. The molecule has 2 heterocycles. The first kappa shape index (κ1) is 17.5. The highest BCUT2D eigenvalue weighted by atomic mass is 32.1. The third kappa shape index (κ3) is 4.22. The van der Waals surface area contributed by atoms with Crippen molar-refractivity contribution in [2.45, 2.75) is 39.5 Å². The van der Waals surface area contributed by atoms with Crippen molar-refractivity contribution in [3.05, 3.63) is 34.8 Å². The Morgan fingerprint density at radius 2 is 2.08 bits per heavy atom. The molecule has 132 valence electrons. The number of unbranched alkanes of at least 4 members (excludes halogenated alkanes) is 1. The maximum absolute atomic E-state index is 12.5. The van der Waals surface area contributed by atoms with Crippen LogP contribution in [0.5, 0.6) is 0 Å². The van der Waals surface area contributed by atoms with Crippen LogP contribution in [-0.2, 0) is 16.0 Å². The molecule has 1 aliphatic rings. The monoisotopic (exact) mass is 358 g/mol. The Hall–Kier alpha value is -2.28. The summed E-state index contributed by atoms with van der Waals surface area (Å²) in [5.74, 6) is -0.553. The summed E-state index contributed by atoms with van der Waals surface area (Å²) in [7, 11) is 0. The molecular formula is C18H22N4O2S. The molecule has 1 aliphatic heterocycles. The van der Waals surface area contributed by atoms with Gasteiger partial charge in [-0.2, -0.15) is 0 Å². The van der Waals surface area contributed by atoms with Crippen molar-refractivity contribution in [3.8, 4) is 0 Å². The molecule has 1 aromatic heterocycles. The molecule has 3 rings (SSSR count). The van der Waals surface area contributed by atoms with Crippen molar-refractivity contribution in [3.63, 3.8) is 0 Å². The number of anilines is 2. The second kappa shape index (κ2) is 7.74. The Balaban J connectivity index is 1.60. The summed E-state index contributed by atoms with van der Waals surface area (Å²) < 4.78 is 0. The summed E-state index contributed by atoms with van der Waals surface area (Å²) in [5, 5.41) is 12.4. The van der Waals surface area contributed by atoms with Gasteiger partial charge >= 0.3 is 0 Å². The van der Waals surface area contributed by atoms with E-state index in [9.17, 15) is 9.59 Å². The number of nitrogens with one attached hydrogen (secondary N) is 1. The minimum absolute atomic E-state index is 0.0232. The largest absolute Gasteiger partial charge is 0.312 e. The van der Waals surface area contributed by atoms with E-state index in [-0.39, 0.29) is 24.2 Å². The standard InChI is InChI=1S/C18H22N4O2S/c1-3-4-5-15-20-21-18(25-15)19-17(24)13-10-16(23)22(11-13)14-8-6-12(2)7-9-14/h6-9,13H,3-5,10-11H2,1-2H3,(H,19,21,24)/t13-/m0/s1. The van der Waals surface area contributed by atoms with Crippen molar-refractivity contribution < 1.29 is 9.59 Å². The van der Waals surface area contributed by atoms with E-state index in [2.05, 4.69) is 22.4 Å². The summed E-state index contributed by atoms with van der Waals surface area (Å²) in [6.07, 6.45) is 3.26. The Morgan fingerprint density at radius 1 is 1.32 bits per heavy atom. The number of hydrogen-bond donors (Lipinski definition) is 1. The Kier molecular flexibility index (Phi) is 5.43. The zero-order chi connectivity index (χ0) is 17.8. The fourth-order valence-electron chi connectivity index (χ4n) is 2.80. The highest BCUT2D eigenvalue weighted by molar-refractivity contribution is 7.15. The highest BCUT2D eigenvalue weighted by Gasteiger charge is 2.35. The van der Waals surface area contributed by atoms with E-state index in [1.807, 2.05) is 31.2 Å². The number of aromatic nitrogens is 2. The first-order valence-electron chi connectivity index (χ1n) is 8.57. The van der Waals surface area contributed by atoms with Gasteiger partial charge in [0, 0.05) is 25.1 Å². The molecule has 1 aromatic carbocycles. The lowest BCUT2D eigenvalue weighted by Gasteiger charge is -2.16. The smallest absolute Gasteiger partial charge is 0.231 e. The topological polar surface area (TPSA) is 75.2 Å². The predicted molar refractivity (Wildman–Crippen MR) is 98.8 cm³/mol. The van der Waals surface area contributed by atoms with Gasteiger partial charge in [0.2, 0.25) is 16.9 Å². The van der Waals surface area contributed by atoms with E-state index < -0.39 is 0 Å². The number of aryl methyl sites for hydroxylation is 2. The molecule has 1 saturated heterocycles. The van der Waals surface area contributed by atoms with Gasteiger partial charge in [-0.05, 0) is 25.5 Å². The van der Waals surface area contributed by atoms with E-state index >= 15 is 0 Å². The van der Waals surface area contributed by atoms with E-state index in [0.29, 0.717) is 11.7 Å². The molecule has 1 N–H and O–H groups in total. The quantitative estimate of drug-likeness (QED) is 0.860. The van der Waals surface area contributed by atoms with Gasteiger partial charge in [-0.3, -0.25) is 9.59 Å². The van der Waals surface area contributed by atoms with E-state index in [1.165, 1.54) is 11.3 Å². The van der Waals surface area contributed by atoms with Crippen LogP contribution in [0.1, 0.15) is 36.8 Å². The molecule has 0 radical (unpaired) electrons. The fourth-order valence-corrected chi connectivity index (χ4v) is 3.58. The van der Waals surface area contributed by atoms with Gasteiger partial charge < -0.3 is 10.2 Å². The highest BCUT2D eigenvalue weighted by Crippen LogP contribution is 2.27. The van der Waals surface area contributed by atoms with E-state index in [4.69, 9.17) is 0 Å². The summed E-state index contributed by atoms with van der Waals surface area (Å²) in [6.45, 7) is 4.53. The third-order valence-corrected chi connectivity index (χ3v) is 5.18. The van der Waals surface area contributed by atoms with Gasteiger partial charge in [0.05, 0.1) is 5.92 Å². The van der Waals surface area contributed by atoms with Gasteiger partial charge in [-0.15, -0.1) is 10.2 Å². The third-order valence-electron chi connectivity index (χ3n) is 4.28. The number of nitrogens with zero attached hydrogens (tertiary/aromatic N) is 3. The van der Waals surface area contributed by atoms with Crippen LogP contribution in [0.2, 0.25) is 0 Å². The van der Waals surface area contributed by atoms with Crippen molar-refractivity contribution in [1.29, 1.82) is 0 Å². The van der Waals surface area contributed by atoms with Crippen molar-refractivity contribution >= 4 is 34.0 Å². The van der Waals surface area contributed by atoms with E-state index in [1.54, 1.807) is 4.90 Å². The average molecular weight is 358 g/mol. The van der Waals surface area contributed by atoms with Crippen LogP contribution in [-0.4, -0.2) is 28.6 Å². The zero-order valence-electron chi connectivity index (χ0n) is 14.5. The van der Waals surface area contributed by atoms with Crippen molar-refractivity contribution in [2.75, 3.05) is 16.8 Å². The zero-order valence-corrected chi connectivity index (χ0v) is 15.3. The second-order valence-electron chi connectivity index (χ2n) is 6.33. The average Bonchev–Trinajstić information content (AvgIpc) is 3.20. The molecule has 0 aliphatic carbocycles. The molecule has 0 bridgehead atoms. The van der Waals surface area contributed by atoms with Crippen LogP contribution < -0.4 is 10.2 Å². The minimum atomic E-state index is -0.364. The first-order chi connectivity index (χ1) is 12.1. The van der Waals surface area contributed by atoms with Crippen LogP contribution >= 0.6 is 11.3 Å². The maximum atomic E-state index is 12.5. The Morgan fingerprint density at radius 3 is 2.80 bits per heavy atom. The number of amides is 2. The molecule has 2 amide bonds. The minimum Gasteiger partial charge on any atom is -0.312 e. The summed E-state index contributed by atoms with van der Waals surface area (Å²) >= 11 is 1.41. The van der Waals surface area contributed by atoms with Crippen LogP contribution in [0.25, 0.3) is 0 Å². The number of benzene rings is 1. The predicted octanol–water partition coefficient (Wildman–Crippen LogP) is 3.18. The fraction of sp³-hybridized carbons (Fsp3) is 0.444. The van der Waals surface area contributed by atoms with Gasteiger partial charge in [-0.1, -0.05) is 42.4 Å².